The van der Waals surface area contributed by atoms with Crippen molar-refractivity contribution in [3.63, 3.8) is 0 Å². The number of nitrogens with one attached hydrogen (secondary N) is 1. The van der Waals surface area contributed by atoms with Crippen LogP contribution in [0.15, 0.2) is 48.1 Å². The zero-order valence-electron chi connectivity index (χ0n) is 11.8. The van der Waals surface area contributed by atoms with Gasteiger partial charge in [0.25, 0.3) is 0 Å². The highest BCUT2D eigenvalue weighted by Crippen LogP contribution is 2.12. The monoisotopic (exact) mass is 277 g/mol. The fourth-order valence-electron chi connectivity index (χ4n) is 1.66. The number of amides is 1. The molecular weight excluding hydrogens is 257 g/mol. The van der Waals surface area contributed by atoms with E-state index in [2.05, 4.69) is 5.32 Å². The summed E-state index contributed by atoms with van der Waals surface area (Å²) in [7, 11) is 0. The molecule has 1 amide bonds. The second-order valence-corrected chi connectivity index (χ2v) is 4.36. The van der Waals surface area contributed by atoms with Crippen LogP contribution in [0.1, 0.15) is 31.9 Å². The first-order valence-corrected chi connectivity index (χ1v) is 6.61. The smallest absolute Gasteiger partial charge is 0.244 e. The summed E-state index contributed by atoms with van der Waals surface area (Å²) in [5, 5.41) is 12.5. The van der Waals surface area contributed by atoms with Crippen LogP contribution in [0, 0.1) is 5.82 Å². The molecule has 1 atom stereocenters. The molecule has 20 heavy (non-hydrogen) atoms. The molecule has 2 N–H and O–H groups in total. The Balaban J connectivity index is 2.46. The molecule has 1 aromatic carbocycles. The van der Waals surface area contributed by atoms with E-state index in [1.54, 1.807) is 6.08 Å². The van der Waals surface area contributed by atoms with Gasteiger partial charge in [-0.15, -0.1) is 0 Å². The average molecular weight is 277 g/mol. The lowest BCUT2D eigenvalue weighted by molar-refractivity contribution is -0.116. The summed E-state index contributed by atoms with van der Waals surface area (Å²) in [5.74, 6) is -0.620. The van der Waals surface area contributed by atoms with Gasteiger partial charge in [0, 0.05) is 12.6 Å². The summed E-state index contributed by atoms with van der Waals surface area (Å²) in [4.78, 5) is 11.6. The van der Waals surface area contributed by atoms with Gasteiger partial charge in [0.1, 0.15) is 5.82 Å². The Kier molecular flexibility index (Phi) is 6.67. The second kappa shape index (κ2) is 8.27. The SMILES string of the molecule is CC=C(C=CC(=O)NCC(O)c1ccc(F)cc1)CC. The fraction of sp³-hybridized carbons (Fsp3) is 0.312. The minimum absolute atomic E-state index is 0.0894. The normalized spacial score (nSPS) is 13.5. The lowest BCUT2D eigenvalue weighted by Crippen LogP contribution is -2.26. The standard InChI is InChI=1S/C16H20FNO2/c1-3-12(4-2)5-10-16(20)18-11-15(19)13-6-8-14(17)9-7-13/h3,5-10,15,19H,4,11H2,1-2H3,(H,18,20). The molecular formula is C16H20FNO2. The van der Waals surface area contributed by atoms with Crippen molar-refractivity contribution in [2.24, 2.45) is 0 Å². The molecule has 4 heteroatoms. The van der Waals surface area contributed by atoms with Gasteiger partial charge in [-0.2, -0.15) is 0 Å². The van der Waals surface area contributed by atoms with Crippen molar-refractivity contribution >= 4 is 5.91 Å². The van der Waals surface area contributed by atoms with Crippen LogP contribution in [0.5, 0.6) is 0 Å². The second-order valence-electron chi connectivity index (χ2n) is 4.36. The van der Waals surface area contributed by atoms with E-state index in [-0.39, 0.29) is 18.3 Å². The predicted octanol–water partition coefficient (Wildman–Crippen LogP) is 2.89. The van der Waals surface area contributed by atoms with Crippen molar-refractivity contribution in [3.05, 3.63) is 59.4 Å². The number of benzene rings is 1. The van der Waals surface area contributed by atoms with Gasteiger partial charge in [-0.05, 0) is 31.0 Å². The lowest BCUT2D eigenvalue weighted by atomic mass is 10.1. The molecule has 0 saturated carbocycles. The zero-order chi connectivity index (χ0) is 15.0. The Hall–Kier alpha value is -1.94. The zero-order valence-corrected chi connectivity index (χ0v) is 11.8. The number of aliphatic hydroxyl groups is 1. The van der Waals surface area contributed by atoms with Gasteiger partial charge >= 0.3 is 0 Å². The maximum atomic E-state index is 12.7. The number of hydrogen-bond donors (Lipinski definition) is 2. The van der Waals surface area contributed by atoms with Crippen molar-refractivity contribution in [2.75, 3.05) is 6.54 Å². The van der Waals surface area contributed by atoms with Crippen molar-refractivity contribution in [2.45, 2.75) is 26.4 Å². The number of halogens is 1. The molecule has 0 aromatic heterocycles. The molecule has 108 valence electrons. The van der Waals surface area contributed by atoms with Crippen molar-refractivity contribution in [3.8, 4) is 0 Å². The number of carbonyl (C=O) groups is 1. The first-order valence-electron chi connectivity index (χ1n) is 6.61. The third kappa shape index (κ3) is 5.36. The fourth-order valence-corrected chi connectivity index (χ4v) is 1.66. The van der Waals surface area contributed by atoms with Crippen molar-refractivity contribution < 1.29 is 14.3 Å². The summed E-state index contributed by atoms with van der Waals surface area (Å²) in [6, 6.07) is 5.55. The number of carbonyl (C=O) groups excluding carboxylic acids is 1. The highest BCUT2D eigenvalue weighted by Gasteiger charge is 2.08. The van der Waals surface area contributed by atoms with Crippen LogP contribution in [0.25, 0.3) is 0 Å². The Labute approximate surface area is 118 Å². The first kappa shape index (κ1) is 16.1. The van der Waals surface area contributed by atoms with Crippen LogP contribution in [-0.2, 0) is 4.79 Å². The van der Waals surface area contributed by atoms with Gasteiger partial charge in [-0.25, -0.2) is 4.39 Å². The quantitative estimate of drug-likeness (QED) is 0.620. The average Bonchev–Trinajstić information content (AvgIpc) is 2.46. The van der Waals surface area contributed by atoms with Gasteiger partial charge in [0.15, 0.2) is 0 Å². The lowest BCUT2D eigenvalue weighted by Gasteiger charge is -2.11. The van der Waals surface area contributed by atoms with E-state index in [1.165, 1.54) is 30.3 Å². The van der Waals surface area contributed by atoms with E-state index in [1.807, 2.05) is 19.9 Å². The van der Waals surface area contributed by atoms with Crippen molar-refractivity contribution in [1.29, 1.82) is 0 Å². The van der Waals surface area contributed by atoms with Gasteiger partial charge in [-0.3, -0.25) is 4.79 Å². The van der Waals surface area contributed by atoms with Crippen molar-refractivity contribution in [1.82, 2.24) is 5.32 Å². The van der Waals surface area contributed by atoms with Crippen LogP contribution in [0.4, 0.5) is 4.39 Å². The highest BCUT2D eigenvalue weighted by molar-refractivity contribution is 5.87. The molecule has 0 heterocycles. The van der Waals surface area contributed by atoms with Gasteiger partial charge in [-0.1, -0.05) is 36.8 Å². The van der Waals surface area contributed by atoms with E-state index in [4.69, 9.17) is 0 Å². The van der Waals surface area contributed by atoms with Crippen LogP contribution in [0.3, 0.4) is 0 Å². The molecule has 0 aliphatic rings. The van der Waals surface area contributed by atoms with E-state index in [0.717, 1.165) is 12.0 Å². The Morgan fingerprint density at radius 1 is 1.35 bits per heavy atom. The maximum absolute atomic E-state index is 12.7. The molecule has 0 aliphatic carbocycles. The van der Waals surface area contributed by atoms with Gasteiger partial charge in [0.05, 0.1) is 6.10 Å². The summed E-state index contributed by atoms with van der Waals surface area (Å²) in [6.45, 7) is 4.02. The molecule has 0 spiro atoms. The largest absolute Gasteiger partial charge is 0.387 e. The predicted molar refractivity (Wildman–Crippen MR) is 77.6 cm³/mol. The molecule has 1 aromatic rings. The summed E-state index contributed by atoms with van der Waals surface area (Å²) in [6.07, 6.45) is 5.14. The number of hydrogen-bond acceptors (Lipinski definition) is 2. The number of aliphatic hydroxyl groups excluding tert-OH is 1. The van der Waals surface area contributed by atoms with Gasteiger partial charge in [0.2, 0.25) is 5.91 Å². The summed E-state index contributed by atoms with van der Waals surface area (Å²) in [5.41, 5.74) is 1.64. The van der Waals surface area contributed by atoms with Crippen LogP contribution < -0.4 is 5.32 Å². The molecule has 0 saturated heterocycles. The number of rotatable bonds is 6. The van der Waals surface area contributed by atoms with E-state index in [0.29, 0.717) is 5.56 Å². The van der Waals surface area contributed by atoms with E-state index < -0.39 is 6.10 Å². The molecule has 1 rings (SSSR count). The maximum Gasteiger partial charge on any atom is 0.244 e. The van der Waals surface area contributed by atoms with Crippen LogP contribution >= 0.6 is 0 Å². The Morgan fingerprint density at radius 2 is 2.00 bits per heavy atom. The van der Waals surface area contributed by atoms with Gasteiger partial charge < -0.3 is 10.4 Å². The molecule has 0 bridgehead atoms. The molecule has 0 aliphatic heterocycles. The van der Waals surface area contributed by atoms with Crippen LogP contribution in [-0.4, -0.2) is 17.6 Å². The first-order chi connectivity index (χ1) is 9.56. The summed E-state index contributed by atoms with van der Waals surface area (Å²) >= 11 is 0. The minimum Gasteiger partial charge on any atom is -0.387 e. The summed E-state index contributed by atoms with van der Waals surface area (Å²) < 4.78 is 12.7. The Bertz CT molecular complexity index is 492. The molecule has 0 fully saturated rings. The molecule has 1 unspecified atom stereocenters. The molecule has 3 nitrogen and oxygen atoms in total. The number of allylic oxidation sites excluding steroid dienone is 3. The van der Waals surface area contributed by atoms with Crippen LogP contribution in [0.2, 0.25) is 0 Å². The molecule has 0 radical (unpaired) electrons. The third-order valence-electron chi connectivity index (χ3n) is 2.95. The minimum atomic E-state index is -0.847. The highest BCUT2D eigenvalue weighted by atomic mass is 19.1. The van der Waals surface area contributed by atoms with E-state index in [9.17, 15) is 14.3 Å². The topological polar surface area (TPSA) is 49.3 Å². The van der Waals surface area contributed by atoms with E-state index >= 15 is 0 Å². The Morgan fingerprint density at radius 3 is 2.55 bits per heavy atom. The third-order valence-corrected chi connectivity index (χ3v) is 2.95.